The summed E-state index contributed by atoms with van der Waals surface area (Å²) in [6.45, 7) is 3.20. The Morgan fingerprint density at radius 2 is 1.76 bits per heavy atom. The van der Waals surface area contributed by atoms with Crippen LogP contribution < -0.4 is 19.4 Å². The SMILES string of the molecule is COc1cccc(N2CC[NH+]([C@@H]3CC(=O)N(c4ccc(Cl)c(Cl)c4)C3=O)CC2)c1. The molecule has 0 aromatic heterocycles. The summed E-state index contributed by atoms with van der Waals surface area (Å²) in [6, 6.07) is 12.4. The van der Waals surface area contributed by atoms with Crippen LogP contribution in [0.3, 0.4) is 0 Å². The lowest BCUT2D eigenvalue weighted by atomic mass is 10.1. The number of quaternary nitrogens is 1. The minimum Gasteiger partial charge on any atom is -0.497 e. The number of carbonyl (C=O) groups excluding carboxylic acids is 2. The third-order valence-corrected chi connectivity index (χ3v) is 6.36. The van der Waals surface area contributed by atoms with Gasteiger partial charge < -0.3 is 14.5 Å². The topological polar surface area (TPSA) is 54.3 Å². The van der Waals surface area contributed by atoms with Crippen molar-refractivity contribution in [1.29, 1.82) is 0 Å². The molecular weight excluding hydrogens is 413 g/mol. The van der Waals surface area contributed by atoms with Gasteiger partial charge in [0.15, 0.2) is 6.04 Å². The number of rotatable bonds is 4. The van der Waals surface area contributed by atoms with E-state index < -0.39 is 0 Å². The maximum absolute atomic E-state index is 13.0. The molecule has 8 heteroatoms. The second-order valence-electron chi connectivity index (χ2n) is 7.27. The van der Waals surface area contributed by atoms with Gasteiger partial charge in [0, 0.05) is 11.8 Å². The van der Waals surface area contributed by atoms with E-state index in [4.69, 9.17) is 27.9 Å². The van der Waals surface area contributed by atoms with Crippen molar-refractivity contribution in [2.75, 3.05) is 43.1 Å². The largest absolute Gasteiger partial charge is 0.497 e. The average Bonchev–Trinajstić information content (AvgIpc) is 3.04. The van der Waals surface area contributed by atoms with Crippen LogP contribution in [0.1, 0.15) is 6.42 Å². The van der Waals surface area contributed by atoms with Crippen LogP contribution in [-0.2, 0) is 9.59 Å². The maximum atomic E-state index is 13.0. The molecule has 2 aromatic rings. The molecule has 2 amide bonds. The molecule has 0 unspecified atom stereocenters. The molecule has 2 saturated heterocycles. The molecule has 0 radical (unpaired) electrons. The molecule has 6 nitrogen and oxygen atoms in total. The zero-order chi connectivity index (χ0) is 20.5. The van der Waals surface area contributed by atoms with Crippen LogP contribution in [0.15, 0.2) is 42.5 Å². The Bertz CT molecular complexity index is 945. The molecule has 0 aliphatic carbocycles. The van der Waals surface area contributed by atoms with Crippen molar-refractivity contribution < 1.29 is 19.2 Å². The van der Waals surface area contributed by atoms with Gasteiger partial charge in [-0.2, -0.15) is 0 Å². The Balaban J connectivity index is 1.44. The van der Waals surface area contributed by atoms with Gasteiger partial charge in [-0.05, 0) is 30.3 Å². The minimum absolute atomic E-state index is 0.168. The monoisotopic (exact) mass is 434 g/mol. The van der Waals surface area contributed by atoms with Crippen molar-refractivity contribution in [3.63, 3.8) is 0 Å². The van der Waals surface area contributed by atoms with Gasteiger partial charge in [-0.15, -0.1) is 0 Å². The summed E-state index contributed by atoms with van der Waals surface area (Å²) in [5.74, 6) is 0.463. The standard InChI is InChI=1S/C21H21Cl2N3O3/c1-29-16-4-2-3-14(11-16)24-7-9-25(10-8-24)19-13-20(27)26(21(19)28)15-5-6-17(22)18(23)12-15/h2-6,11-12,19H,7-10,13H2,1H3/p+1/t19-/m1/s1. The van der Waals surface area contributed by atoms with Gasteiger partial charge in [-0.3, -0.25) is 9.59 Å². The molecule has 4 rings (SSSR count). The molecule has 1 N–H and O–H groups in total. The van der Waals surface area contributed by atoms with Gasteiger partial charge in [0.05, 0.1) is 55.4 Å². The molecular formula is C21H22Cl2N3O3+. The Morgan fingerprint density at radius 1 is 1.00 bits per heavy atom. The Hall–Kier alpha value is -2.28. The molecule has 2 aliphatic heterocycles. The van der Waals surface area contributed by atoms with E-state index in [9.17, 15) is 9.59 Å². The summed E-state index contributed by atoms with van der Waals surface area (Å²) < 4.78 is 5.31. The first-order valence-corrected chi connectivity index (χ1v) is 10.3. The first kappa shape index (κ1) is 20.0. The summed E-state index contributed by atoms with van der Waals surface area (Å²) in [5, 5.41) is 0.720. The smallest absolute Gasteiger partial charge is 0.292 e. The van der Waals surface area contributed by atoms with Crippen molar-refractivity contribution in [2.45, 2.75) is 12.5 Å². The third-order valence-electron chi connectivity index (χ3n) is 5.62. The molecule has 2 fully saturated rings. The van der Waals surface area contributed by atoms with Crippen molar-refractivity contribution in [2.24, 2.45) is 0 Å². The van der Waals surface area contributed by atoms with Crippen LogP contribution in [0.25, 0.3) is 0 Å². The van der Waals surface area contributed by atoms with Crippen molar-refractivity contribution in [1.82, 2.24) is 0 Å². The number of nitrogens with zero attached hydrogens (tertiary/aromatic N) is 2. The summed E-state index contributed by atoms with van der Waals surface area (Å²) in [7, 11) is 1.66. The fourth-order valence-corrected chi connectivity index (χ4v) is 4.35. The number of hydrogen-bond donors (Lipinski definition) is 1. The number of benzene rings is 2. The lowest BCUT2D eigenvalue weighted by Crippen LogP contribution is -3.19. The average molecular weight is 435 g/mol. The molecule has 1 atom stereocenters. The lowest BCUT2D eigenvalue weighted by Gasteiger charge is -2.35. The number of methoxy groups -OCH3 is 1. The van der Waals surface area contributed by atoms with Crippen LogP contribution in [0.4, 0.5) is 11.4 Å². The highest BCUT2D eigenvalue weighted by molar-refractivity contribution is 6.42. The molecule has 0 bridgehead atoms. The Labute approximate surface area is 179 Å². The van der Waals surface area contributed by atoms with E-state index in [0.717, 1.165) is 42.5 Å². The summed E-state index contributed by atoms with van der Waals surface area (Å²) in [4.78, 5) is 30.3. The second-order valence-corrected chi connectivity index (χ2v) is 8.08. The van der Waals surface area contributed by atoms with Crippen LogP contribution in [-0.4, -0.2) is 51.1 Å². The highest BCUT2D eigenvalue weighted by Gasteiger charge is 2.46. The molecule has 152 valence electrons. The quantitative estimate of drug-likeness (QED) is 0.748. The number of piperazine rings is 1. The number of carbonyl (C=O) groups is 2. The van der Waals surface area contributed by atoms with Gasteiger partial charge in [0.1, 0.15) is 5.75 Å². The van der Waals surface area contributed by atoms with Gasteiger partial charge >= 0.3 is 0 Å². The van der Waals surface area contributed by atoms with E-state index in [2.05, 4.69) is 11.0 Å². The zero-order valence-electron chi connectivity index (χ0n) is 16.0. The molecule has 0 spiro atoms. The molecule has 29 heavy (non-hydrogen) atoms. The van der Waals surface area contributed by atoms with Crippen molar-refractivity contribution in [3.05, 3.63) is 52.5 Å². The normalized spacial score (nSPS) is 20.4. The first-order chi connectivity index (χ1) is 14.0. The third kappa shape index (κ3) is 3.92. The van der Waals surface area contributed by atoms with Crippen molar-refractivity contribution in [3.8, 4) is 5.75 Å². The van der Waals surface area contributed by atoms with Gasteiger partial charge in [0.25, 0.3) is 5.91 Å². The Kier molecular flexibility index (Phi) is 5.67. The molecule has 2 aromatic carbocycles. The van der Waals surface area contributed by atoms with Crippen LogP contribution in [0.2, 0.25) is 10.0 Å². The van der Waals surface area contributed by atoms with Crippen LogP contribution >= 0.6 is 23.2 Å². The molecule has 2 aliphatic rings. The minimum atomic E-state index is -0.357. The predicted octanol–water partition coefficient (Wildman–Crippen LogP) is 2.04. The van der Waals surface area contributed by atoms with E-state index in [1.54, 1.807) is 25.3 Å². The molecule has 2 heterocycles. The second kappa shape index (κ2) is 8.22. The van der Waals surface area contributed by atoms with Crippen molar-refractivity contribution >= 4 is 46.4 Å². The number of amides is 2. The van der Waals surface area contributed by atoms with E-state index in [0.29, 0.717) is 15.7 Å². The number of anilines is 2. The summed E-state index contributed by atoms with van der Waals surface area (Å²) in [5.41, 5.74) is 1.58. The summed E-state index contributed by atoms with van der Waals surface area (Å²) >= 11 is 12.0. The number of imide groups is 1. The fraction of sp³-hybridized carbons (Fsp3) is 0.333. The van der Waals surface area contributed by atoms with E-state index >= 15 is 0 Å². The lowest BCUT2D eigenvalue weighted by molar-refractivity contribution is -0.915. The number of ether oxygens (including phenoxy) is 1. The Morgan fingerprint density at radius 3 is 2.45 bits per heavy atom. The van der Waals surface area contributed by atoms with E-state index in [1.165, 1.54) is 4.90 Å². The van der Waals surface area contributed by atoms with Gasteiger partial charge in [-0.25, -0.2) is 4.90 Å². The molecule has 0 saturated carbocycles. The van der Waals surface area contributed by atoms with Gasteiger partial charge in [0.2, 0.25) is 5.91 Å². The fourth-order valence-electron chi connectivity index (χ4n) is 4.05. The van der Waals surface area contributed by atoms with E-state index in [1.807, 2.05) is 18.2 Å². The first-order valence-electron chi connectivity index (χ1n) is 9.53. The highest BCUT2D eigenvalue weighted by Crippen LogP contribution is 2.30. The maximum Gasteiger partial charge on any atom is 0.292 e. The predicted molar refractivity (Wildman–Crippen MR) is 113 cm³/mol. The van der Waals surface area contributed by atoms with Gasteiger partial charge in [-0.1, -0.05) is 29.3 Å². The van der Waals surface area contributed by atoms with E-state index in [-0.39, 0.29) is 24.3 Å². The van der Waals surface area contributed by atoms with Crippen LogP contribution in [0, 0.1) is 0 Å². The number of nitrogens with one attached hydrogen (secondary N) is 1. The summed E-state index contributed by atoms with van der Waals surface area (Å²) in [6.07, 6.45) is 0.216. The number of halogens is 2. The highest BCUT2D eigenvalue weighted by atomic mass is 35.5. The van der Waals surface area contributed by atoms with Crippen LogP contribution in [0.5, 0.6) is 5.75 Å². The zero-order valence-corrected chi connectivity index (χ0v) is 17.5. The number of hydrogen-bond acceptors (Lipinski definition) is 4.